The van der Waals surface area contributed by atoms with E-state index in [1.54, 1.807) is 6.07 Å². The Kier molecular flexibility index (Phi) is 7.01. The number of rotatable bonds is 9. The summed E-state index contributed by atoms with van der Waals surface area (Å²) in [6.07, 6.45) is 1.30. The fourth-order valence-electron chi connectivity index (χ4n) is 4.53. The summed E-state index contributed by atoms with van der Waals surface area (Å²) in [5.41, 5.74) is 10.6. The minimum absolute atomic E-state index is 0.0430. The Morgan fingerprint density at radius 3 is 2.37 bits per heavy atom. The van der Waals surface area contributed by atoms with Crippen molar-refractivity contribution in [3.63, 3.8) is 0 Å². The largest absolute Gasteiger partial charge is 0.458 e. The van der Waals surface area contributed by atoms with Gasteiger partial charge < -0.3 is 15.8 Å². The molecule has 3 aromatic rings. The van der Waals surface area contributed by atoms with Gasteiger partial charge in [0.2, 0.25) is 5.91 Å². The Labute approximate surface area is 205 Å². The van der Waals surface area contributed by atoms with Crippen LogP contribution < -0.4 is 11.1 Å². The van der Waals surface area contributed by atoms with Crippen molar-refractivity contribution >= 4 is 17.8 Å². The van der Waals surface area contributed by atoms with E-state index < -0.39 is 29.4 Å². The Hall–Kier alpha value is -3.93. The van der Waals surface area contributed by atoms with Gasteiger partial charge in [0.1, 0.15) is 11.6 Å². The lowest BCUT2D eigenvalue weighted by Crippen LogP contribution is -2.45. The molecule has 6 heteroatoms. The number of nitrogens with one attached hydrogen (secondary N) is 1. The molecule has 35 heavy (non-hydrogen) atoms. The molecule has 1 aliphatic carbocycles. The van der Waals surface area contributed by atoms with Gasteiger partial charge in [0.05, 0.1) is 0 Å². The average Bonchev–Trinajstić information content (AvgIpc) is 3.19. The van der Waals surface area contributed by atoms with Crippen LogP contribution in [-0.4, -0.2) is 29.4 Å². The van der Waals surface area contributed by atoms with E-state index in [4.69, 9.17) is 10.5 Å². The summed E-state index contributed by atoms with van der Waals surface area (Å²) in [4.78, 5) is 37.6. The maximum atomic E-state index is 13.1. The number of amides is 2. The fourth-order valence-corrected chi connectivity index (χ4v) is 4.53. The second-order valence-electron chi connectivity index (χ2n) is 9.58. The molecule has 0 bridgehead atoms. The van der Waals surface area contributed by atoms with E-state index in [2.05, 4.69) is 17.4 Å². The van der Waals surface area contributed by atoms with E-state index in [9.17, 15) is 14.4 Å². The van der Waals surface area contributed by atoms with Crippen LogP contribution in [0.15, 0.2) is 72.8 Å². The van der Waals surface area contributed by atoms with Gasteiger partial charge in [0.15, 0.2) is 0 Å². The summed E-state index contributed by atoms with van der Waals surface area (Å²) in [7, 11) is 0. The number of benzene rings is 3. The minimum Gasteiger partial charge on any atom is -0.458 e. The number of carbonyl (C=O) groups is 3. The summed E-state index contributed by atoms with van der Waals surface area (Å²) >= 11 is 0. The van der Waals surface area contributed by atoms with E-state index in [0.717, 1.165) is 23.1 Å². The highest BCUT2D eigenvalue weighted by Gasteiger charge is 2.30. The van der Waals surface area contributed by atoms with E-state index in [1.165, 1.54) is 11.1 Å². The van der Waals surface area contributed by atoms with Gasteiger partial charge in [-0.15, -0.1) is 0 Å². The molecule has 0 aliphatic heterocycles. The molecule has 2 amide bonds. The lowest BCUT2D eigenvalue weighted by molar-refractivity contribution is -0.159. The smallest absolute Gasteiger partial charge is 0.329 e. The number of ether oxygens (including phenoxy) is 1. The number of carbonyl (C=O) groups excluding carboxylic acids is 3. The molecular weight excluding hydrogens is 440 g/mol. The predicted octanol–water partition coefficient (Wildman–Crippen LogP) is 4.19. The number of hydrogen-bond donors (Lipinski definition) is 2. The summed E-state index contributed by atoms with van der Waals surface area (Å²) in [5.74, 6) is -1.53. The molecule has 6 nitrogen and oxygen atoms in total. The molecular formula is C29H30N2O4. The molecule has 0 radical (unpaired) electrons. The van der Waals surface area contributed by atoms with Gasteiger partial charge in [-0.1, -0.05) is 60.7 Å². The SMILES string of the molecule is CC(C)(Cc1ccccc1)OC(=O)[C@H](CCC(N)=O)NC(=O)c1ccc2c(c1)Cc1ccccc1-2. The van der Waals surface area contributed by atoms with Crippen molar-refractivity contribution in [3.8, 4) is 11.1 Å². The van der Waals surface area contributed by atoms with Crippen molar-refractivity contribution in [1.29, 1.82) is 0 Å². The van der Waals surface area contributed by atoms with Crippen LogP contribution in [-0.2, 0) is 27.2 Å². The van der Waals surface area contributed by atoms with Crippen molar-refractivity contribution in [2.45, 2.75) is 51.2 Å². The van der Waals surface area contributed by atoms with E-state index in [-0.39, 0.29) is 12.8 Å². The minimum atomic E-state index is -0.990. The molecule has 0 saturated heterocycles. The second kappa shape index (κ2) is 10.1. The molecule has 3 aromatic carbocycles. The summed E-state index contributed by atoms with van der Waals surface area (Å²) in [5, 5.41) is 2.77. The topological polar surface area (TPSA) is 98.5 Å². The lowest BCUT2D eigenvalue weighted by Gasteiger charge is -2.28. The van der Waals surface area contributed by atoms with Crippen molar-refractivity contribution in [1.82, 2.24) is 5.32 Å². The first kappa shape index (κ1) is 24.2. The van der Waals surface area contributed by atoms with Gasteiger partial charge in [-0.2, -0.15) is 0 Å². The Bertz CT molecular complexity index is 1250. The zero-order chi connectivity index (χ0) is 25.0. The molecule has 4 rings (SSSR count). The zero-order valence-electron chi connectivity index (χ0n) is 20.0. The summed E-state index contributed by atoms with van der Waals surface area (Å²) in [6.45, 7) is 3.64. The van der Waals surface area contributed by atoms with Gasteiger partial charge in [0, 0.05) is 18.4 Å². The van der Waals surface area contributed by atoms with Crippen LogP contribution in [0.5, 0.6) is 0 Å². The predicted molar refractivity (Wildman–Crippen MR) is 135 cm³/mol. The van der Waals surface area contributed by atoms with Crippen molar-refractivity contribution in [3.05, 3.63) is 95.1 Å². The van der Waals surface area contributed by atoms with Gasteiger partial charge in [-0.05, 0) is 66.6 Å². The number of primary amides is 1. The van der Waals surface area contributed by atoms with Crippen LogP contribution in [0.3, 0.4) is 0 Å². The molecule has 0 spiro atoms. The van der Waals surface area contributed by atoms with Crippen LogP contribution >= 0.6 is 0 Å². The van der Waals surface area contributed by atoms with Crippen LogP contribution in [0.1, 0.15) is 53.7 Å². The van der Waals surface area contributed by atoms with Crippen LogP contribution in [0.2, 0.25) is 0 Å². The van der Waals surface area contributed by atoms with Gasteiger partial charge in [-0.3, -0.25) is 9.59 Å². The fraction of sp³-hybridized carbons (Fsp3) is 0.276. The van der Waals surface area contributed by atoms with Crippen molar-refractivity contribution in [2.75, 3.05) is 0 Å². The molecule has 0 aromatic heterocycles. The first-order valence-electron chi connectivity index (χ1n) is 11.8. The van der Waals surface area contributed by atoms with E-state index in [1.807, 2.05) is 68.4 Å². The Balaban J connectivity index is 1.47. The third-order valence-corrected chi connectivity index (χ3v) is 6.17. The first-order chi connectivity index (χ1) is 16.7. The van der Waals surface area contributed by atoms with Crippen molar-refractivity contribution < 1.29 is 19.1 Å². The first-order valence-corrected chi connectivity index (χ1v) is 11.8. The number of fused-ring (bicyclic) bond motifs is 3. The van der Waals surface area contributed by atoms with Crippen LogP contribution in [0, 0.1) is 0 Å². The van der Waals surface area contributed by atoms with E-state index >= 15 is 0 Å². The van der Waals surface area contributed by atoms with Gasteiger partial charge >= 0.3 is 5.97 Å². The molecule has 180 valence electrons. The standard InChI is InChI=1S/C29H30N2O4/c1-29(2,18-19-8-4-3-5-9-19)35-28(34)25(14-15-26(30)32)31-27(33)21-12-13-24-22(17-21)16-20-10-6-7-11-23(20)24/h3-13,17,25H,14-16,18H2,1-2H3,(H2,30,32)(H,31,33)/t25-/m0/s1. The van der Waals surface area contributed by atoms with Crippen molar-refractivity contribution in [2.24, 2.45) is 5.73 Å². The lowest BCUT2D eigenvalue weighted by atomic mass is 9.98. The summed E-state index contributed by atoms with van der Waals surface area (Å²) < 4.78 is 5.78. The molecule has 0 fully saturated rings. The quantitative estimate of drug-likeness (QED) is 0.359. The monoisotopic (exact) mass is 470 g/mol. The van der Waals surface area contributed by atoms with Gasteiger partial charge in [0.25, 0.3) is 5.91 Å². The summed E-state index contributed by atoms with van der Waals surface area (Å²) in [6, 6.07) is 22.5. The van der Waals surface area contributed by atoms with Crippen LogP contribution in [0.4, 0.5) is 0 Å². The highest BCUT2D eigenvalue weighted by atomic mass is 16.6. The average molecular weight is 471 g/mol. The van der Waals surface area contributed by atoms with E-state index in [0.29, 0.717) is 12.0 Å². The molecule has 1 aliphatic rings. The maximum Gasteiger partial charge on any atom is 0.329 e. The maximum absolute atomic E-state index is 13.1. The molecule has 0 saturated carbocycles. The van der Waals surface area contributed by atoms with Gasteiger partial charge in [-0.25, -0.2) is 4.79 Å². The third kappa shape index (κ3) is 5.96. The molecule has 0 unspecified atom stereocenters. The number of nitrogens with two attached hydrogens (primary N) is 1. The normalized spacial score (nSPS) is 12.9. The Morgan fingerprint density at radius 1 is 0.943 bits per heavy atom. The third-order valence-electron chi connectivity index (χ3n) is 6.17. The molecule has 0 heterocycles. The Morgan fingerprint density at radius 2 is 1.63 bits per heavy atom. The zero-order valence-corrected chi connectivity index (χ0v) is 20.0. The number of hydrogen-bond acceptors (Lipinski definition) is 4. The highest BCUT2D eigenvalue weighted by Crippen LogP contribution is 2.36. The van der Waals surface area contributed by atoms with Crippen LogP contribution in [0.25, 0.3) is 11.1 Å². The molecule has 1 atom stereocenters. The second-order valence-corrected chi connectivity index (χ2v) is 9.58. The number of esters is 1. The highest BCUT2D eigenvalue weighted by molar-refractivity contribution is 5.98. The molecule has 3 N–H and O–H groups in total.